The van der Waals surface area contributed by atoms with E-state index in [-0.39, 0.29) is 22.9 Å². The van der Waals surface area contributed by atoms with Gasteiger partial charge in [-0.15, -0.1) is 0 Å². The summed E-state index contributed by atoms with van der Waals surface area (Å²) in [6, 6.07) is 9.11. The van der Waals surface area contributed by atoms with E-state index in [0.717, 1.165) is 0 Å². The van der Waals surface area contributed by atoms with Crippen LogP contribution in [-0.4, -0.2) is 26.7 Å². The van der Waals surface area contributed by atoms with Gasteiger partial charge in [-0.1, -0.05) is 26.0 Å². The van der Waals surface area contributed by atoms with Crippen LogP contribution in [0.3, 0.4) is 0 Å². The van der Waals surface area contributed by atoms with E-state index in [2.05, 4.69) is 20.8 Å². The monoisotopic (exact) mass is 431 g/mol. The number of para-hydroxylation sites is 1. The second-order valence-corrected chi connectivity index (χ2v) is 8.28. The van der Waals surface area contributed by atoms with Crippen LogP contribution in [0, 0.1) is 38.2 Å². The number of nitro groups is 1. The maximum absolute atomic E-state index is 13.4. The number of aromatic nitrogens is 2. The van der Waals surface area contributed by atoms with Crippen molar-refractivity contribution in [3.05, 3.63) is 62.7 Å². The molecule has 2 aromatic rings. The Bertz CT molecular complexity index is 1270. The summed E-state index contributed by atoms with van der Waals surface area (Å²) in [6.45, 7) is 3.77. The van der Waals surface area contributed by atoms with Crippen LogP contribution in [0.1, 0.15) is 65.7 Å². The van der Waals surface area contributed by atoms with Gasteiger partial charge in [0, 0.05) is 12.0 Å². The second kappa shape index (κ2) is 7.10. The number of amides is 2. The smallest absolute Gasteiger partial charge is 0.272 e. The molecule has 160 valence electrons. The molecule has 2 amide bonds. The number of nitrogens with one attached hydrogen (secondary N) is 2. The van der Waals surface area contributed by atoms with Gasteiger partial charge in [-0.3, -0.25) is 30.6 Å². The van der Waals surface area contributed by atoms with E-state index in [9.17, 15) is 30.2 Å². The van der Waals surface area contributed by atoms with Crippen LogP contribution in [0.2, 0.25) is 0 Å². The summed E-state index contributed by atoms with van der Waals surface area (Å²) in [7, 11) is 0. The standard InChI is InChI=1S/C21H17N7O4/c1-20(2)12-7-8-21(20,17-16(12)24-13(9-22)14(10-23)25-17)19(30)27-26-18(29)11-5-3-4-6-15(11)28(31)32/h3-6,12H,7-8H2,1-2H3,(H,26,29)(H,27,30). The quantitative estimate of drug-likeness (QED) is 0.545. The normalized spacial score (nSPS) is 21.7. The van der Waals surface area contributed by atoms with Crippen LogP contribution >= 0.6 is 0 Å². The molecule has 1 heterocycles. The largest absolute Gasteiger partial charge is 0.282 e. The molecule has 4 rings (SSSR count). The maximum Gasteiger partial charge on any atom is 0.282 e. The van der Waals surface area contributed by atoms with E-state index in [4.69, 9.17) is 0 Å². The lowest BCUT2D eigenvalue weighted by molar-refractivity contribution is -0.385. The lowest BCUT2D eigenvalue weighted by Crippen LogP contribution is -2.55. The molecule has 0 saturated heterocycles. The lowest BCUT2D eigenvalue weighted by atomic mass is 9.68. The lowest BCUT2D eigenvalue weighted by Gasteiger charge is -2.36. The van der Waals surface area contributed by atoms with Gasteiger partial charge >= 0.3 is 0 Å². The Hall–Kier alpha value is -4.38. The first-order valence-electron chi connectivity index (χ1n) is 9.76. The van der Waals surface area contributed by atoms with Crippen LogP contribution in [0.4, 0.5) is 5.69 Å². The SMILES string of the molecule is CC1(C)C2CCC1(C(=O)NNC(=O)c1ccccc1[N+](=O)[O-])c1nc(C#N)c(C#N)nc12. The summed E-state index contributed by atoms with van der Waals surface area (Å²) >= 11 is 0. The number of carbonyl (C=O) groups excluding carboxylic acids is 2. The minimum absolute atomic E-state index is 0.0881. The van der Waals surface area contributed by atoms with Crippen molar-refractivity contribution in [1.82, 2.24) is 20.8 Å². The van der Waals surface area contributed by atoms with Crippen molar-refractivity contribution < 1.29 is 14.5 Å². The number of nitriles is 2. The van der Waals surface area contributed by atoms with Crippen LogP contribution in [0.5, 0.6) is 0 Å². The van der Waals surface area contributed by atoms with Gasteiger partial charge in [-0.2, -0.15) is 10.5 Å². The summed E-state index contributed by atoms with van der Waals surface area (Å²) < 4.78 is 0. The zero-order chi connectivity index (χ0) is 23.3. The highest BCUT2D eigenvalue weighted by molar-refractivity contribution is 6.00. The molecule has 2 atom stereocenters. The van der Waals surface area contributed by atoms with Gasteiger partial charge in [-0.05, 0) is 24.3 Å². The minimum Gasteiger partial charge on any atom is -0.272 e. The van der Waals surface area contributed by atoms with Crippen LogP contribution in [-0.2, 0) is 10.2 Å². The summed E-state index contributed by atoms with van der Waals surface area (Å²) in [6.07, 6.45) is 1.03. The average molecular weight is 431 g/mol. The molecule has 0 aliphatic heterocycles. The number of benzene rings is 1. The van der Waals surface area contributed by atoms with Gasteiger partial charge in [-0.25, -0.2) is 9.97 Å². The number of carbonyl (C=O) groups is 2. The molecular formula is C21H17N7O4. The van der Waals surface area contributed by atoms with Gasteiger partial charge in [0.15, 0.2) is 11.4 Å². The molecule has 1 fully saturated rings. The van der Waals surface area contributed by atoms with Gasteiger partial charge in [0.1, 0.15) is 23.1 Å². The summed E-state index contributed by atoms with van der Waals surface area (Å²) in [5.74, 6) is -1.55. The Balaban J connectivity index is 1.68. The van der Waals surface area contributed by atoms with Crippen molar-refractivity contribution >= 4 is 17.5 Å². The topological polar surface area (TPSA) is 175 Å². The summed E-state index contributed by atoms with van der Waals surface area (Å²) in [5, 5.41) is 29.8. The molecule has 2 aliphatic carbocycles. The van der Waals surface area contributed by atoms with Gasteiger partial charge < -0.3 is 0 Å². The Kier molecular flexibility index (Phi) is 4.63. The Morgan fingerprint density at radius 2 is 1.81 bits per heavy atom. The van der Waals surface area contributed by atoms with Crippen molar-refractivity contribution in [3.63, 3.8) is 0 Å². The Morgan fingerprint density at radius 1 is 1.16 bits per heavy atom. The van der Waals surface area contributed by atoms with E-state index in [1.54, 1.807) is 0 Å². The average Bonchev–Trinajstić information content (AvgIpc) is 3.17. The highest BCUT2D eigenvalue weighted by Crippen LogP contribution is 2.67. The first-order chi connectivity index (χ1) is 15.2. The Morgan fingerprint density at radius 3 is 2.47 bits per heavy atom. The molecule has 0 spiro atoms. The number of nitro benzene ring substituents is 1. The van der Waals surface area contributed by atoms with E-state index >= 15 is 0 Å². The fourth-order valence-electron chi connectivity index (χ4n) is 5.03. The minimum atomic E-state index is -1.19. The number of hydrogen-bond acceptors (Lipinski definition) is 8. The predicted octanol–water partition coefficient (Wildman–Crippen LogP) is 1.74. The van der Waals surface area contributed by atoms with Gasteiger partial charge in [0.2, 0.25) is 0 Å². The maximum atomic E-state index is 13.4. The fraction of sp³-hybridized carbons (Fsp3) is 0.333. The number of nitrogens with zero attached hydrogens (tertiary/aromatic N) is 5. The third kappa shape index (κ3) is 2.65. The molecule has 1 aromatic carbocycles. The number of fused-ring (bicyclic) bond motifs is 5. The molecule has 1 saturated carbocycles. The van der Waals surface area contributed by atoms with Crippen molar-refractivity contribution in [2.45, 2.75) is 38.0 Å². The first kappa shape index (κ1) is 20.9. The van der Waals surface area contributed by atoms with Gasteiger partial charge in [0.05, 0.1) is 16.3 Å². The van der Waals surface area contributed by atoms with Crippen molar-refractivity contribution in [2.75, 3.05) is 0 Å². The third-order valence-electron chi connectivity index (χ3n) is 6.67. The van der Waals surface area contributed by atoms with Crippen molar-refractivity contribution in [3.8, 4) is 12.1 Å². The predicted molar refractivity (Wildman–Crippen MR) is 108 cm³/mol. The molecule has 0 radical (unpaired) electrons. The number of hydrogen-bond donors (Lipinski definition) is 2. The molecule has 32 heavy (non-hydrogen) atoms. The molecule has 2 aliphatic rings. The Labute approximate surface area is 182 Å². The highest BCUT2D eigenvalue weighted by atomic mass is 16.6. The van der Waals surface area contributed by atoms with E-state index < -0.39 is 33.3 Å². The second-order valence-electron chi connectivity index (χ2n) is 8.28. The molecule has 1 aromatic heterocycles. The van der Waals surface area contributed by atoms with Crippen molar-refractivity contribution in [2.24, 2.45) is 5.41 Å². The van der Waals surface area contributed by atoms with Crippen molar-refractivity contribution in [1.29, 1.82) is 10.5 Å². The summed E-state index contributed by atoms with van der Waals surface area (Å²) in [5.41, 5.74) is 2.82. The third-order valence-corrected chi connectivity index (χ3v) is 6.67. The fourth-order valence-corrected chi connectivity index (χ4v) is 5.03. The molecule has 11 nitrogen and oxygen atoms in total. The van der Waals surface area contributed by atoms with Crippen LogP contribution < -0.4 is 10.9 Å². The molecule has 2 N–H and O–H groups in total. The number of rotatable bonds is 3. The molecule has 2 bridgehead atoms. The first-order valence-corrected chi connectivity index (χ1v) is 9.76. The summed E-state index contributed by atoms with van der Waals surface area (Å²) in [4.78, 5) is 45.1. The van der Waals surface area contributed by atoms with E-state index in [1.807, 2.05) is 26.0 Å². The molecule has 2 unspecified atom stereocenters. The van der Waals surface area contributed by atoms with Crippen LogP contribution in [0.25, 0.3) is 0 Å². The van der Waals surface area contributed by atoms with Crippen LogP contribution in [0.15, 0.2) is 24.3 Å². The van der Waals surface area contributed by atoms with E-state index in [0.29, 0.717) is 24.2 Å². The van der Waals surface area contributed by atoms with Gasteiger partial charge in [0.25, 0.3) is 17.5 Å². The zero-order valence-electron chi connectivity index (χ0n) is 17.2. The molecular weight excluding hydrogens is 414 g/mol. The highest BCUT2D eigenvalue weighted by Gasteiger charge is 2.68. The zero-order valence-corrected chi connectivity index (χ0v) is 17.2. The molecule has 11 heteroatoms. The van der Waals surface area contributed by atoms with E-state index in [1.165, 1.54) is 24.3 Å². The number of hydrazine groups is 1.